The summed E-state index contributed by atoms with van der Waals surface area (Å²) in [7, 11) is 2.94. The van der Waals surface area contributed by atoms with E-state index in [0.29, 0.717) is 0 Å². The van der Waals surface area contributed by atoms with Gasteiger partial charge in [0.1, 0.15) is 0 Å². The highest BCUT2D eigenvalue weighted by molar-refractivity contribution is 8.89. The molecule has 0 aromatic rings. The van der Waals surface area contributed by atoms with Crippen LogP contribution in [0.25, 0.3) is 0 Å². The summed E-state index contributed by atoms with van der Waals surface area (Å²) in [6.45, 7) is 12.0. The van der Waals surface area contributed by atoms with Crippen LogP contribution in [0.3, 0.4) is 0 Å². The predicted octanol–water partition coefficient (Wildman–Crippen LogP) is 2.63. The van der Waals surface area contributed by atoms with Crippen LogP contribution in [0.2, 0.25) is 0 Å². The van der Waals surface area contributed by atoms with Gasteiger partial charge in [0.15, 0.2) is 8.64 Å². The molecule has 0 atom stereocenters. The van der Waals surface area contributed by atoms with Crippen molar-refractivity contribution >= 4 is 54.7 Å². The fourth-order valence-electron chi connectivity index (χ4n) is 1.13. The topological polar surface area (TPSA) is 30.5 Å². The van der Waals surface area contributed by atoms with Gasteiger partial charge in [-0.25, -0.2) is 10.0 Å². The first-order valence-electron chi connectivity index (χ1n) is 6.02. The van der Waals surface area contributed by atoms with E-state index >= 15 is 0 Å². The molecule has 2 N–H and O–H groups in total. The molecule has 0 bridgehead atoms. The molecule has 0 amide bonds. The lowest BCUT2D eigenvalue weighted by Gasteiger charge is -2.22. The summed E-state index contributed by atoms with van der Waals surface area (Å²) in [4.78, 5) is 0. The summed E-state index contributed by atoms with van der Waals surface area (Å²) in [5.74, 6) is 0. The van der Waals surface area contributed by atoms with Crippen molar-refractivity contribution in [2.24, 2.45) is 0 Å². The van der Waals surface area contributed by atoms with Gasteiger partial charge >= 0.3 is 0 Å². The number of thiocarbonyl (C=S) groups is 2. The van der Waals surface area contributed by atoms with Crippen LogP contribution in [0.1, 0.15) is 27.7 Å². The number of rotatable bonds is 6. The molecule has 0 aliphatic carbocycles. The zero-order chi connectivity index (χ0) is 14.0. The molecule has 0 unspecified atom stereocenters. The van der Waals surface area contributed by atoms with Gasteiger partial charge in [0.05, 0.1) is 0 Å². The molecule has 0 fully saturated rings. The zero-order valence-corrected chi connectivity index (χ0v) is 14.6. The Morgan fingerprint density at radius 1 is 0.778 bits per heavy atom. The molecule has 4 nitrogen and oxygen atoms in total. The Balaban J connectivity index is 3.87. The molecule has 0 aromatic heterocycles. The van der Waals surface area contributed by atoms with Crippen molar-refractivity contribution in [1.82, 2.24) is 20.9 Å². The van der Waals surface area contributed by atoms with E-state index in [-0.39, 0.29) is 0 Å². The smallest absolute Gasteiger partial charge is 0.159 e. The minimum atomic E-state index is 0.729. The second-order valence-corrected chi connectivity index (χ2v) is 6.79. The van der Waals surface area contributed by atoms with Crippen LogP contribution in [0.15, 0.2) is 0 Å². The van der Waals surface area contributed by atoms with Crippen LogP contribution >= 0.6 is 46.0 Å². The molecular weight excluding hydrogens is 304 g/mol. The third-order valence-electron chi connectivity index (χ3n) is 2.22. The molecule has 8 heteroatoms. The Kier molecular flexibility index (Phi) is 11.5. The summed E-state index contributed by atoms with van der Waals surface area (Å²) >= 11 is 10.5. The molecule has 0 aliphatic heterocycles. The largest absolute Gasteiger partial charge is 0.303 e. The average Bonchev–Trinajstić information content (AvgIpc) is 2.39. The van der Waals surface area contributed by atoms with Gasteiger partial charge in [-0.15, -0.1) is 0 Å². The first kappa shape index (κ1) is 18.4. The Hall–Kier alpha value is 0.400. The summed E-state index contributed by atoms with van der Waals surface area (Å²) in [5, 5.41) is 4.10. The maximum atomic E-state index is 5.24. The average molecular weight is 327 g/mol. The molecule has 106 valence electrons. The van der Waals surface area contributed by atoms with Crippen molar-refractivity contribution < 1.29 is 0 Å². The number of nitrogens with zero attached hydrogens (tertiary/aromatic N) is 2. The second kappa shape index (κ2) is 11.2. The van der Waals surface area contributed by atoms with Crippen LogP contribution in [-0.4, -0.2) is 44.8 Å². The molecule has 0 saturated heterocycles. The zero-order valence-electron chi connectivity index (χ0n) is 11.4. The number of hydrogen-bond donors (Lipinski definition) is 2. The van der Waals surface area contributed by atoms with Gasteiger partial charge in [-0.3, -0.25) is 0 Å². The van der Waals surface area contributed by atoms with E-state index in [4.69, 9.17) is 24.4 Å². The van der Waals surface area contributed by atoms with E-state index in [0.717, 1.165) is 34.8 Å². The molecule has 0 aromatic carbocycles. The van der Waals surface area contributed by atoms with Crippen molar-refractivity contribution in [2.75, 3.05) is 26.2 Å². The fraction of sp³-hybridized carbons (Fsp3) is 0.800. The number of hydrazine groups is 2. The lowest BCUT2D eigenvalue weighted by atomic mass is 10.6. The van der Waals surface area contributed by atoms with Crippen molar-refractivity contribution in [1.29, 1.82) is 0 Å². The van der Waals surface area contributed by atoms with Gasteiger partial charge < -0.3 is 10.9 Å². The molecule has 0 heterocycles. The predicted molar refractivity (Wildman–Crippen MR) is 92.5 cm³/mol. The van der Waals surface area contributed by atoms with Crippen molar-refractivity contribution in [3.8, 4) is 0 Å². The Morgan fingerprint density at radius 2 is 1.06 bits per heavy atom. The molecule has 0 saturated carbocycles. The van der Waals surface area contributed by atoms with E-state index in [2.05, 4.69) is 48.6 Å². The van der Waals surface area contributed by atoms with E-state index in [1.807, 2.05) is 0 Å². The fourth-order valence-corrected chi connectivity index (χ4v) is 3.17. The quantitative estimate of drug-likeness (QED) is 0.438. The Bertz CT molecular complexity index is 228. The lowest BCUT2D eigenvalue weighted by Crippen LogP contribution is -2.40. The van der Waals surface area contributed by atoms with Gasteiger partial charge in [0, 0.05) is 26.2 Å². The highest BCUT2D eigenvalue weighted by Gasteiger charge is 2.07. The third-order valence-corrected chi connectivity index (χ3v) is 5.35. The van der Waals surface area contributed by atoms with Crippen molar-refractivity contribution in [3.05, 3.63) is 0 Å². The summed E-state index contributed by atoms with van der Waals surface area (Å²) in [6.07, 6.45) is 0. The molecule has 0 aliphatic rings. The van der Waals surface area contributed by atoms with Gasteiger partial charge in [-0.2, -0.15) is 0 Å². The summed E-state index contributed by atoms with van der Waals surface area (Å²) in [6, 6.07) is 0. The normalized spacial score (nSPS) is 10.8. The van der Waals surface area contributed by atoms with E-state index in [1.165, 1.54) is 21.6 Å². The lowest BCUT2D eigenvalue weighted by molar-refractivity contribution is 0.267. The SMILES string of the molecule is CCN(CC)NC(=S)SSC(=S)NN(CC)CC. The monoisotopic (exact) mass is 326 g/mol. The van der Waals surface area contributed by atoms with Crippen LogP contribution in [0.4, 0.5) is 0 Å². The first-order valence-corrected chi connectivity index (χ1v) is 8.99. The minimum Gasteiger partial charge on any atom is -0.303 e. The maximum Gasteiger partial charge on any atom is 0.159 e. The standard InChI is InChI=1S/C10H22N4S4/c1-5-13(6-2)11-9(15)17-18-10(16)12-14(7-3)8-4/h5-8H2,1-4H3,(H,11,15)(H,12,16). The molecule has 18 heavy (non-hydrogen) atoms. The number of hydrogen-bond acceptors (Lipinski definition) is 6. The van der Waals surface area contributed by atoms with Crippen LogP contribution in [0.5, 0.6) is 0 Å². The van der Waals surface area contributed by atoms with Crippen LogP contribution in [0, 0.1) is 0 Å². The molecule has 0 radical (unpaired) electrons. The van der Waals surface area contributed by atoms with Crippen LogP contribution in [-0.2, 0) is 0 Å². The van der Waals surface area contributed by atoms with E-state index in [9.17, 15) is 0 Å². The Morgan fingerprint density at radius 3 is 1.28 bits per heavy atom. The van der Waals surface area contributed by atoms with E-state index < -0.39 is 0 Å². The van der Waals surface area contributed by atoms with Gasteiger partial charge in [-0.05, 0) is 21.6 Å². The van der Waals surface area contributed by atoms with Crippen molar-refractivity contribution in [2.45, 2.75) is 27.7 Å². The molecule has 0 spiro atoms. The highest BCUT2D eigenvalue weighted by atomic mass is 33.1. The maximum absolute atomic E-state index is 5.24. The third kappa shape index (κ3) is 8.49. The summed E-state index contributed by atoms with van der Waals surface area (Å²) in [5.41, 5.74) is 6.32. The Labute approximate surface area is 129 Å². The van der Waals surface area contributed by atoms with Gasteiger partial charge in [0.25, 0.3) is 0 Å². The minimum absolute atomic E-state index is 0.729. The number of nitrogens with one attached hydrogen (secondary N) is 2. The van der Waals surface area contributed by atoms with Gasteiger partial charge in [0.2, 0.25) is 0 Å². The first-order chi connectivity index (χ1) is 8.57. The van der Waals surface area contributed by atoms with Crippen molar-refractivity contribution in [3.63, 3.8) is 0 Å². The second-order valence-electron chi connectivity index (χ2n) is 3.31. The molecule has 0 rings (SSSR count). The summed E-state index contributed by atoms with van der Waals surface area (Å²) < 4.78 is 1.46. The molecular formula is C10H22N4S4. The highest BCUT2D eigenvalue weighted by Crippen LogP contribution is 2.23. The van der Waals surface area contributed by atoms with E-state index in [1.54, 1.807) is 0 Å². The van der Waals surface area contributed by atoms with Gasteiger partial charge in [-0.1, -0.05) is 52.1 Å². The van der Waals surface area contributed by atoms with Crippen LogP contribution < -0.4 is 10.9 Å².